The van der Waals surface area contributed by atoms with Gasteiger partial charge in [0.05, 0.1) is 16.1 Å². The topological polar surface area (TPSA) is 124 Å². The molecule has 0 fully saturated rings. The number of hydrogen-bond donors (Lipinski definition) is 1. The number of nitro groups is 1. The first kappa shape index (κ1) is 14.4. The summed E-state index contributed by atoms with van der Waals surface area (Å²) in [5.41, 5.74) is 4.86. The minimum absolute atomic E-state index is 0.00179. The maximum Gasteiger partial charge on any atom is 0.282 e. The summed E-state index contributed by atoms with van der Waals surface area (Å²) >= 11 is 0. The van der Waals surface area contributed by atoms with E-state index in [-0.39, 0.29) is 22.4 Å². The quantitative estimate of drug-likeness (QED) is 0.389. The van der Waals surface area contributed by atoms with E-state index in [0.29, 0.717) is 4.90 Å². The van der Waals surface area contributed by atoms with Gasteiger partial charge in [-0.1, -0.05) is 18.2 Å². The van der Waals surface area contributed by atoms with Gasteiger partial charge >= 0.3 is 0 Å². The molecular weight excluding hydrogens is 302 g/mol. The van der Waals surface area contributed by atoms with E-state index in [2.05, 4.69) is 0 Å². The monoisotopic (exact) mass is 311 g/mol. The van der Waals surface area contributed by atoms with Gasteiger partial charge in [0.25, 0.3) is 23.4 Å². The highest BCUT2D eigenvalue weighted by atomic mass is 16.6. The Morgan fingerprint density at radius 3 is 2.39 bits per heavy atom. The molecule has 0 saturated heterocycles. The van der Waals surface area contributed by atoms with Gasteiger partial charge in [0.1, 0.15) is 5.56 Å². The van der Waals surface area contributed by atoms with Crippen molar-refractivity contribution in [3.63, 3.8) is 0 Å². The van der Waals surface area contributed by atoms with Crippen LogP contribution in [0.3, 0.4) is 0 Å². The van der Waals surface area contributed by atoms with Crippen LogP contribution in [0.5, 0.6) is 0 Å². The van der Waals surface area contributed by atoms with Crippen molar-refractivity contribution in [1.82, 2.24) is 4.90 Å². The van der Waals surface area contributed by atoms with E-state index >= 15 is 0 Å². The van der Waals surface area contributed by atoms with Gasteiger partial charge < -0.3 is 5.73 Å². The zero-order valence-electron chi connectivity index (χ0n) is 11.6. The average Bonchev–Trinajstić information content (AvgIpc) is 2.79. The molecule has 2 aromatic carbocycles. The number of para-hydroxylation sites is 1. The van der Waals surface area contributed by atoms with Crippen LogP contribution in [-0.2, 0) is 0 Å². The molecule has 23 heavy (non-hydrogen) atoms. The van der Waals surface area contributed by atoms with Crippen LogP contribution in [0, 0.1) is 10.1 Å². The van der Waals surface area contributed by atoms with Crippen LogP contribution in [0.15, 0.2) is 42.5 Å². The van der Waals surface area contributed by atoms with Crippen LogP contribution < -0.4 is 5.73 Å². The number of rotatable bonds is 2. The number of nitrogens with zero attached hydrogens (tertiary/aromatic N) is 2. The van der Waals surface area contributed by atoms with Crippen LogP contribution in [-0.4, -0.2) is 27.5 Å². The van der Waals surface area contributed by atoms with E-state index < -0.39 is 28.3 Å². The van der Waals surface area contributed by atoms with Crippen molar-refractivity contribution in [2.45, 2.75) is 0 Å². The molecule has 3 amide bonds. The first-order chi connectivity index (χ1) is 10.9. The Labute approximate surface area is 129 Å². The molecule has 2 N–H and O–H groups in total. The summed E-state index contributed by atoms with van der Waals surface area (Å²) in [6.45, 7) is 0. The summed E-state index contributed by atoms with van der Waals surface area (Å²) < 4.78 is 0. The molecule has 0 bridgehead atoms. The predicted octanol–water partition coefficient (Wildman–Crippen LogP) is 1.61. The van der Waals surface area contributed by atoms with E-state index in [9.17, 15) is 24.5 Å². The third-order valence-electron chi connectivity index (χ3n) is 3.48. The number of fused-ring (bicyclic) bond motifs is 1. The summed E-state index contributed by atoms with van der Waals surface area (Å²) in [6, 6.07) is 9.40. The van der Waals surface area contributed by atoms with Crippen molar-refractivity contribution in [3.05, 3.63) is 69.3 Å². The molecule has 8 nitrogen and oxygen atoms in total. The number of anilines is 1. The Balaban J connectivity index is 2.10. The number of hydrogen-bond acceptors (Lipinski definition) is 6. The SMILES string of the molecule is Nc1cccc2c1C(=O)N(C(=O)c1ccccc1[N+](=O)[O-])C2=O. The molecule has 8 heteroatoms. The van der Waals surface area contributed by atoms with Crippen LogP contribution in [0.25, 0.3) is 0 Å². The number of carbonyl (C=O) groups is 3. The van der Waals surface area contributed by atoms with Crippen molar-refractivity contribution in [2.24, 2.45) is 0 Å². The molecule has 0 radical (unpaired) electrons. The first-order valence-electron chi connectivity index (χ1n) is 6.48. The fraction of sp³-hybridized carbons (Fsp3) is 0. The smallest absolute Gasteiger partial charge is 0.282 e. The molecule has 1 heterocycles. The van der Waals surface area contributed by atoms with Crippen molar-refractivity contribution < 1.29 is 19.3 Å². The highest BCUT2D eigenvalue weighted by Gasteiger charge is 2.42. The predicted molar refractivity (Wildman–Crippen MR) is 78.8 cm³/mol. The van der Waals surface area contributed by atoms with Gasteiger partial charge in [-0.25, -0.2) is 4.90 Å². The van der Waals surface area contributed by atoms with Crippen LogP contribution in [0.1, 0.15) is 31.1 Å². The Hall–Kier alpha value is -3.55. The second kappa shape index (κ2) is 5.02. The average molecular weight is 311 g/mol. The normalized spacial score (nSPS) is 13.1. The van der Waals surface area contributed by atoms with Gasteiger partial charge in [0.2, 0.25) is 0 Å². The number of nitrogen functional groups attached to an aromatic ring is 1. The second-order valence-corrected chi connectivity index (χ2v) is 4.79. The molecular formula is C15H9N3O5. The summed E-state index contributed by atoms with van der Waals surface area (Å²) in [7, 11) is 0. The fourth-order valence-corrected chi connectivity index (χ4v) is 2.43. The third kappa shape index (κ3) is 2.04. The molecule has 0 aliphatic carbocycles. The maximum atomic E-state index is 12.5. The molecule has 3 rings (SSSR count). The fourth-order valence-electron chi connectivity index (χ4n) is 2.43. The van der Waals surface area contributed by atoms with Crippen LogP contribution in [0.2, 0.25) is 0 Å². The van der Waals surface area contributed by atoms with Crippen molar-refractivity contribution >= 4 is 29.1 Å². The summed E-state index contributed by atoms with van der Waals surface area (Å²) in [6.07, 6.45) is 0. The second-order valence-electron chi connectivity index (χ2n) is 4.79. The van der Waals surface area contributed by atoms with E-state index in [4.69, 9.17) is 5.73 Å². The largest absolute Gasteiger partial charge is 0.398 e. The Bertz CT molecular complexity index is 890. The molecule has 0 saturated carbocycles. The molecule has 0 atom stereocenters. The number of carbonyl (C=O) groups excluding carboxylic acids is 3. The number of imide groups is 3. The van der Waals surface area contributed by atoms with Crippen LogP contribution in [0.4, 0.5) is 11.4 Å². The highest BCUT2D eigenvalue weighted by Crippen LogP contribution is 2.30. The minimum Gasteiger partial charge on any atom is -0.398 e. The van der Waals surface area contributed by atoms with Crippen molar-refractivity contribution in [2.75, 3.05) is 5.73 Å². The minimum atomic E-state index is -1.05. The first-order valence-corrected chi connectivity index (χ1v) is 6.48. The lowest BCUT2D eigenvalue weighted by Crippen LogP contribution is -2.36. The Morgan fingerprint density at radius 1 is 1.04 bits per heavy atom. The van der Waals surface area contributed by atoms with E-state index in [1.807, 2.05) is 0 Å². The van der Waals surface area contributed by atoms with Gasteiger partial charge in [-0.2, -0.15) is 0 Å². The van der Waals surface area contributed by atoms with Gasteiger partial charge in [-0.3, -0.25) is 24.5 Å². The molecule has 0 spiro atoms. The lowest BCUT2D eigenvalue weighted by atomic mass is 10.1. The molecule has 2 aromatic rings. The Kier molecular flexibility index (Phi) is 3.14. The molecule has 0 aromatic heterocycles. The third-order valence-corrected chi connectivity index (χ3v) is 3.48. The maximum absolute atomic E-state index is 12.5. The Morgan fingerprint density at radius 2 is 1.74 bits per heavy atom. The lowest BCUT2D eigenvalue weighted by Gasteiger charge is -2.11. The van der Waals surface area contributed by atoms with E-state index in [0.717, 1.165) is 6.07 Å². The van der Waals surface area contributed by atoms with E-state index in [1.165, 1.54) is 36.4 Å². The number of nitrogens with two attached hydrogens (primary N) is 1. The summed E-state index contributed by atoms with van der Waals surface area (Å²) in [5, 5.41) is 11.0. The van der Waals surface area contributed by atoms with Gasteiger partial charge in [0.15, 0.2) is 0 Å². The van der Waals surface area contributed by atoms with Crippen molar-refractivity contribution in [1.29, 1.82) is 0 Å². The lowest BCUT2D eigenvalue weighted by molar-refractivity contribution is -0.385. The molecule has 1 aliphatic rings. The van der Waals surface area contributed by atoms with Gasteiger partial charge in [-0.05, 0) is 18.2 Å². The van der Waals surface area contributed by atoms with Gasteiger partial charge in [0, 0.05) is 11.8 Å². The molecule has 0 unspecified atom stereocenters. The summed E-state index contributed by atoms with van der Waals surface area (Å²) in [5.74, 6) is -2.78. The zero-order valence-corrected chi connectivity index (χ0v) is 11.6. The molecule has 1 aliphatic heterocycles. The number of nitro benzene ring substituents is 1. The van der Waals surface area contributed by atoms with Gasteiger partial charge in [-0.15, -0.1) is 0 Å². The highest BCUT2D eigenvalue weighted by molar-refractivity contribution is 6.33. The van der Waals surface area contributed by atoms with Crippen LogP contribution >= 0.6 is 0 Å². The number of benzene rings is 2. The van der Waals surface area contributed by atoms with Crippen molar-refractivity contribution in [3.8, 4) is 0 Å². The van der Waals surface area contributed by atoms with E-state index in [1.54, 1.807) is 0 Å². The number of amides is 3. The summed E-state index contributed by atoms with van der Waals surface area (Å²) in [4.78, 5) is 47.8. The standard InChI is InChI=1S/C15H9N3O5/c16-10-6-3-5-9-12(10)15(21)17(14(9)20)13(19)8-4-1-2-7-11(8)18(22)23/h1-7H,16H2. The zero-order chi connectivity index (χ0) is 16.7. The molecule has 114 valence electrons.